The first-order valence-corrected chi connectivity index (χ1v) is 6.17. The maximum absolute atomic E-state index is 6.07. The molecule has 3 aromatic heterocycles. The lowest BCUT2D eigenvalue weighted by Gasteiger charge is -2.01. The Hall–Kier alpha value is -1.88. The molecule has 0 atom stereocenters. The summed E-state index contributed by atoms with van der Waals surface area (Å²) in [6, 6.07) is 1.91. The predicted octanol–water partition coefficient (Wildman–Crippen LogP) is 2.59. The number of imidazole rings is 1. The molecule has 5 heteroatoms. The highest BCUT2D eigenvalue weighted by Crippen LogP contribution is 2.35. The van der Waals surface area contributed by atoms with Gasteiger partial charge in [-0.3, -0.25) is 4.98 Å². The molecule has 0 bridgehead atoms. The van der Waals surface area contributed by atoms with Crippen LogP contribution in [-0.2, 0) is 7.05 Å². The van der Waals surface area contributed by atoms with Crippen molar-refractivity contribution in [3.63, 3.8) is 0 Å². The Bertz CT molecular complexity index is 696. The normalized spacial score (nSPS) is 11.2. The third-order valence-corrected chi connectivity index (χ3v) is 4.02. The summed E-state index contributed by atoms with van der Waals surface area (Å²) in [5, 5.41) is 2.06. The molecular weight excluding hydrogens is 232 g/mol. The molecule has 0 aliphatic rings. The van der Waals surface area contributed by atoms with E-state index in [1.807, 2.05) is 30.8 Å². The molecule has 2 N–H and O–H groups in total. The summed E-state index contributed by atoms with van der Waals surface area (Å²) in [4.78, 5) is 9.76. The highest BCUT2D eigenvalue weighted by Gasteiger charge is 2.14. The van der Waals surface area contributed by atoms with Crippen molar-refractivity contribution in [2.45, 2.75) is 6.92 Å². The molecule has 0 fully saturated rings. The van der Waals surface area contributed by atoms with E-state index >= 15 is 0 Å². The van der Waals surface area contributed by atoms with Crippen LogP contribution in [0.2, 0.25) is 0 Å². The van der Waals surface area contributed by atoms with Crippen LogP contribution in [0.1, 0.15) is 5.56 Å². The van der Waals surface area contributed by atoms with Crippen LogP contribution < -0.4 is 5.73 Å². The molecular formula is C12H12N4S. The number of pyridine rings is 1. The lowest BCUT2D eigenvalue weighted by atomic mass is 10.3. The Morgan fingerprint density at radius 2 is 2.24 bits per heavy atom. The van der Waals surface area contributed by atoms with E-state index in [9.17, 15) is 0 Å². The van der Waals surface area contributed by atoms with Crippen molar-refractivity contribution in [1.29, 1.82) is 0 Å². The average molecular weight is 244 g/mol. The molecule has 3 heterocycles. The van der Waals surface area contributed by atoms with Gasteiger partial charge in [-0.2, -0.15) is 0 Å². The monoisotopic (exact) mass is 244 g/mol. The number of aromatic nitrogens is 3. The van der Waals surface area contributed by atoms with E-state index in [4.69, 9.17) is 5.73 Å². The van der Waals surface area contributed by atoms with Gasteiger partial charge in [0.2, 0.25) is 0 Å². The molecule has 3 rings (SSSR count). The first-order chi connectivity index (χ1) is 8.18. The van der Waals surface area contributed by atoms with Gasteiger partial charge in [0.05, 0.1) is 27.8 Å². The van der Waals surface area contributed by atoms with Gasteiger partial charge in [0.15, 0.2) is 5.82 Å². The van der Waals surface area contributed by atoms with Gasteiger partial charge in [0, 0.05) is 13.2 Å². The molecule has 17 heavy (non-hydrogen) atoms. The van der Waals surface area contributed by atoms with Crippen LogP contribution in [-0.4, -0.2) is 14.5 Å². The second kappa shape index (κ2) is 3.56. The molecule has 0 spiro atoms. The zero-order valence-corrected chi connectivity index (χ0v) is 10.5. The minimum atomic E-state index is 0.821. The van der Waals surface area contributed by atoms with Gasteiger partial charge in [-0.15, -0.1) is 11.3 Å². The Morgan fingerprint density at radius 3 is 2.88 bits per heavy atom. The van der Waals surface area contributed by atoms with Crippen molar-refractivity contribution in [3.8, 4) is 10.7 Å². The highest BCUT2D eigenvalue weighted by atomic mass is 32.1. The molecule has 0 aliphatic carbocycles. The fourth-order valence-electron chi connectivity index (χ4n) is 1.86. The van der Waals surface area contributed by atoms with Gasteiger partial charge < -0.3 is 10.3 Å². The third-order valence-electron chi connectivity index (χ3n) is 2.91. The smallest absolute Gasteiger partial charge is 0.153 e. The number of nitrogens with two attached hydrogens (primary N) is 1. The largest absolute Gasteiger partial charge is 0.397 e. The number of rotatable bonds is 1. The second-order valence-electron chi connectivity index (χ2n) is 4.02. The molecule has 3 aromatic rings. The highest BCUT2D eigenvalue weighted by molar-refractivity contribution is 7.14. The molecule has 4 nitrogen and oxygen atoms in total. The maximum Gasteiger partial charge on any atom is 0.153 e. The van der Waals surface area contributed by atoms with Gasteiger partial charge in [-0.1, -0.05) is 0 Å². The molecule has 0 radical (unpaired) electrons. The van der Waals surface area contributed by atoms with Gasteiger partial charge in [0.1, 0.15) is 0 Å². The fraction of sp³-hybridized carbons (Fsp3) is 0.167. The molecule has 0 unspecified atom stereocenters. The predicted molar refractivity (Wildman–Crippen MR) is 71.0 cm³/mol. The van der Waals surface area contributed by atoms with E-state index in [2.05, 4.69) is 15.3 Å². The van der Waals surface area contributed by atoms with Crippen LogP contribution in [0.5, 0.6) is 0 Å². The maximum atomic E-state index is 6.07. The zero-order chi connectivity index (χ0) is 12.0. The van der Waals surface area contributed by atoms with Gasteiger partial charge in [0.25, 0.3) is 0 Å². The summed E-state index contributed by atoms with van der Waals surface area (Å²) in [7, 11) is 1.99. The first-order valence-electron chi connectivity index (χ1n) is 5.29. The van der Waals surface area contributed by atoms with Crippen LogP contribution in [0.25, 0.3) is 21.7 Å². The Kier molecular flexibility index (Phi) is 2.16. The number of hydrogen-bond donors (Lipinski definition) is 1. The lowest BCUT2D eigenvalue weighted by molar-refractivity contribution is 0.960. The number of thiophene rings is 1. The van der Waals surface area contributed by atoms with Crippen LogP contribution in [0.3, 0.4) is 0 Å². The summed E-state index contributed by atoms with van der Waals surface area (Å²) in [5.41, 5.74) is 9.96. The molecule has 86 valence electrons. The van der Waals surface area contributed by atoms with Crippen LogP contribution in [0.4, 0.5) is 5.69 Å². The van der Waals surface area contributed by atoms with Gasteiger partial charge >= 0.3 is 0 Å². The number of fused-ring (bicyclic) bond motifs is 1. The van der Waals surface area contributed by atoms with Gasteiger partial charge in [-0.05, 0) is 23.9 Å². The van der Waals surface area contributed by atoms with E-state index < -0.39 is 0 Å². The van der Waals surface area contributed by atoms with Gasteiger partial charge in [-0.25, -0.2) is 4.98 Å². The number of nitrogen functional groups attached to an aromatic ring is 1. The fourth-order valence-corrected chi connectivity index (χ4v) is 2.86. The number of hydrogen-bond acceptors (Lipinski definition) is 4. The first kappa shape index (κ1) is 10.3. The topological polar surface area (TPSA) is 56.7 Å². The summed E-state index contributed by atoms with van der Waals surface area (Å²) >= 11 is 1.63. The van der Waals surface area contributed by atoms with Crippen LogP contribution in [0.15, 0.2) is 23.8 Å². The van der Waals surface area contributed by atoms with Crippen molar-refractivity contribution in [2.75, 3.05) is 5.73 Å². The molecule has 0 amide bonds. The van der Waals surface area contributed by atoms with Crippen molar-refractivity contribution in [3.05, 3.63) is 29.4 Å². The molecule has 0 saturated carbocycles. The number of nitrogens with zero attached hydrogens (tertiary/aromatic N) is 3. The van der Waals surface area contributed by atoms with Crippen molar-refractivity contribution < 1.29 is 0 Å². The summed E-state index contributed by atoms with van der Waals surface area (Å²) in [6.45, 7) is 2.01. The number of aryl methyl sites for hydroxylation is 2. The number of anilines is 1. The van der Waals surface area contributed by atoms with Crippen molar-refractivity contribution >= 4 is 28.1 Å². The van der Waals surface area contributed by atoms with Crippen molar-refractivity contribution in [1.82, 2.24) is 14.5 Å². The Labute approximate surface area is 103 Å². The minimum absolute atomic E-state index is 0.821. The minimum Gasteiger partial charge on any atom is -0.397 e. The van der Waals surface area contributed by atoms with Crippen LogP contribution >= 0.6 is 11.3 Å². The lowest BCUT2D eigenvalue weighted by Crippen LogP contribution is -1.94. The third kappa shape index (κ3) is 1.43. The summed E-state index contributed by atoms with van der Waals surface area (Å²) in [6.07, 6.45) is 3.57. The SMILES string of the molecule is Cc1csc(-c2nc3ccncc3n2C)c1N. The van der Waals surface area contributed by atoms with Crippen molar-refractivity contribution in [2.24, 2.45) is 7.05 Å². The van der Waals surface area contributed by atoms with E-state index in [0.717, 1.165) is 33.0 Å². The van der Waals surface area contributed by atoms with E-state index in [-0.39, 0.29) is 0 Å². The average Bonchev–Trinajstić information content (AvgIpc) is 2.83. The van der Waals surface area contributed by atoms with Crippen LogP contribution in [0, 0.1) is 6.92 Å². The summed E-state index contributed by atoms with van der Waals surface area (Å²) < 4.78 is 2.03. The second-order valence-corrected chi connectivity index (χ2v) is 4.90. The Morgan fingerprint density at radius 1 is 1.41 bits per heavy atom. The molecule has 0 aliphatic heterocycles. The van der Waals surface area contributed by atoms with E-state index in [1.165, 1.54) is 0 Å². The Balaban J connectivity index is 2.31. The van der Waals surface area contributed by atoms with E-state index in [0.29, 0.717) is 0 Å². The standard InChI is InChI=1S/C12H12N4S/c1-7-6-17-11(10(7)13)12-15-8-3-4-14-5-9(8)16(12)2/h3-6H,13H2,1-2H3. The molecule has 0 aromatic carbocycles. The summed E-state index contributed by atoms with van der Waals surface area (Å²) in [5.74, 6) is 0.906. The quantitative estimate of drug-likeness (QED) is 0.715. The zero-order valence-electron chi connectivity index (χ0n) is 9.64. The van der Waals surface area contributed by atoms with E-state index in [1.54, 1.807) is 17.5 Å². The molecule has 0 saturated heterocycles.